The molecule has 2 rings (SSSR count). The first kappa shape index (κ1) is 20.2. The average Bonchev–Trinajstić information content (AvgIpc) is 2.52. The number of nitrogens with one attached hydrogen (secondary N) is 2. The molecule has 0 amide bonds. The van der Waals surface area contributed by atoms with Crippen LogP contribution in [0, 0.1) is 19.8 Å². The van der Waals surface area contributed by atoms with Crippen molar-refractivity contribution in [1.82, 2.24) is 5.32 Å². The zero-order chi connectivity index (χ0) is 19.5. The maximum atomic E-state index is 12.6. The van der Waals surface area contributed by atoms with E-state index in [0.29, 0.717) is 10.8 Å². The van der Waals surface area contributed by atoms with Crippen molar-refractivity contribution < 1.29 is 13.2 Å². The Hall–Kier alpha value is -2.08. The minimum atomic E-state index is -4.34. The fourth-order valence-corrected chi connectivity index (χ4v) is 3.07. The predicted molar refractivity (Wildman–Crippen MR) is 104 cm³/mol. The standard InChI is InChI=1S/C20H23F3N2S/c1-12(2)18(17-10-5-13(3)11-14(17)4)25-19(26)24-16-8-6-15(7-9-16)20(21,22)23/h5-12,18H,1-4H3,(H2,24,25,26)/t18-/m0/s1. The Bertz CT molecular complexity index is 768. The molecule has 0 fully saturated rings. The van der Waals surface area contributed by atoms with Crippen molar-refractivity contribution in [2.24, 2.45) is 5.92 Å². The number of halogens is 3. The van der Waals surface area contributed by atoms with Gasteiger partial charge in [-0.1, -0.05) is 37.6 Å². The molecule has 2 nitrogen and oxygen atoms in total. The van der Waals surface area contributed by atoms with Gasteiger partial charge in [0.1, 0.15) is 0 Å². The number of hydrogen-bond acceptors (Lipinski definition) is 1. The first-order valence-electron chi connectivity index (χ1n) is 8.40. The van der Waals surface area contributed by atoms with Crippen LogP contribution < -0.4 is 10.6 Å². The minimum Gasteiger partial charge on any atom is -0.355 e. The maximum Gasteiger partial charge on any atom is 0.416 e. The van der Waals surface area contributed by atoms with E-state index in [1.54, 1.807) is 0 Å². The Labute approximate surface area is 157 Å². The van der Waals surface area contributed by atoms with E-state index in [4.69, 9.17) is 12.2 Å². The molecule has 0 bridgehead atoms. The van der Waals surface area contributed by atoms with Crippen molar-refractivity contribution in [3.63, 3.8) is 0 Å². The summed E-state index contributed by atoms with van der Waals surface area (Å²) in [5.41, 5.74) is 3.35. The van der Waals surface area contributed by atoms with Crippen LogP contribution >= 0.6 is 12.2 Å². The van der Waals surface area contributed by atoms with Gasteiger partial charge in [0.2, 0.25) is 0 Å². The summed E-state index contributed by atoms with van der Waals surface area (Å²) in [7, 11) is 0. The van der Waals surface area contributed by atoms with E-state index in [1.807, 2.05) is 6.92 Å². The van der Waals surface area contributed by atoms with Crippen LogP contribution in [0.4, 0.5) is 18.9 Å². The molecule has 6 heteroatoms. The Morgan fingerprint density at radius 2 is 1.62 bits per heavy atom. The van der Waals surface area contributed by atoms with Crippen LogP contribution in [0.5, 0.6) is 0 Å². The van der Waals surface area contributed by atoms with Crippen LogP contribution in [-0.4, -0.2) is 5.11 Å². The first-order chi connectivity index (χ1) is 12.1. The van der Waals surface area contributed by atoms with E-state index >= 15 is 0 Å². The van der Waals surface area contributed by atoms with Gasteiger partial charge in [0.05, 0.1) is 11.6 Å². The van der Waals surface area contributed by atoms with Crippen molar-refractivity contribution in [3.05, 3.63) is 64.7 Å². The average molecular weight is 380 g/mol. The molecule has 140 valence electrons. The van der Waals surface area contributed by atoms with Crippen molar-refractivity contribution >= 4 is 23.0 Å². The third kappa shape index (κ3) is 5.21. The molecule has 0 radical (unpaired) electrons. The van der Waals surface area contributed by atoms with Crippen molar-refractivity contribution in [2.45, 2.75) is 39.9 Å². The third-order valence-corrected chi connectivity index (χ3v) is 4.40. The van der Waals surface area contributed by atoms with Crippen molar-refractivity contribution in [3.8, 4) is 0 Å². The SMILES string of the molecule is Cc1ccc([C@@H](NC(=S)Nc2ccc(C(F)(F)F)cc2)C(C)C)c(C)c1. The molecule has 0 aliphatic heterocycles. The van der Waals surface area contributed by atoms with E-state index in [2.05, 4.69) is 49.6 Å². The Kier molecular flexibility index (Phi) is 6.29. The zero-order valence-electron chi connectivity index (χ0n) is 15.2. The first-order valence-corrected chi connectivity index (χ1v) is 8.80. The molecule has 0 spiro atoms. The Morgan fingerprint density at radius 3 is 2.12 bits per heavy atom. The van der Waals surface area contributed by atoms with Gasteiger partial charge in [0, 0.05) is 5.69 Å². The molecule has 2 aromatic rings. The van der Waals surface area contributed by atoms with E-state index in [1.165, 1.54) is 23.3 Å². The van der Waals surface area contributed by atoms with Gasteiger partial charge in [-0.2, -0.15) is 13.2 Å². The van der Waals surface area contributed by atoms with Crippen LogP contribution in [0.2, 0.25) is 0 Å². The molecule has 0 heterocycles. The van der Waals surface area contributed by atoms with Crippen LogP contribution in [0.3, 0.4) is 0 Å². The summed E-state index contributed by atoms with van der Waals surface area (Å²) >= 11 is 5.36. The molecule has 1 atom stereocenters. The molecule has 0 saturated heterocycles. The van der Waals surface area contributed by atoms with Crippen LogP contribution in [0.1, 0.15) is 42.1 Å². The van der Waals surface area contributed by atoms with Crippen LogP contribution in [-0.2, 0) is 6.18 Å². The number of anilines is 1. The lowest BCUT2D eigenvalue weighted by Gasteiger charge is -2.26. The summed E-state index contributed by atoms with van der Waals surface area (Å²) in [5, 5.41) is 6.62. The van der Waals surface area contributed by atoms with Crippen LogP contribution in [0.15, 0.2) is 42.5 Å². The molecule has 0 saturated carbocycles. The molecule has 0 aliphatic rings. The number of aryl methyl sites for hydroxylation is 2. The lowest BCUT2D eigenvalue weighted by atomic mass is 9.92. The van der Waals surface area contributed by atoms with E-state index < -0.39 is 11.7 Å². The Morgan fingerprint density at radius 1 is 1.00 bits per heavy atom. The van der Waals surface area contributed by atoms with Gasteiger partial charge in [0.25, 0.3) is 0 Å². The maximum absolute atomic E-state index is 12.6. The molecular formula is C20H23F3N2S. The van der Waals surface area contributed by atoms with Gasteiger partial charge in [0.15, 0.2) is 5.11 Å². The van der Waals surface area contributed by atoms with E-state index in [-0.39, 0.29) is 12.0 Å². The lowest BCUT2D eigenvalue weighted by molar-refractivity contribution is -0.137. The fraction of sp³-hybridized carbons (Fsp3) is 0.350. The number of alkyl halides is 3. The quantitative estimate of drug-likeness (QED) is 0.636. The highest BCUT2D eigenvalue weighted by Gasteiger charge is 2.30. The highest BCUT2D eigenvalue weighted by atomic mass is 32.1. The van der Waals surface area contributed by atoms with Crippen molar-refractivity contribution in [1.29, 1.82) is 0 Å². The highest BCUT2D eigenvalue weighted by molar-refractivity contribution is 7.80. The zero-order valence-corrected chi connectivity index (χ0v) is 16.1. The molecule has 0 aromatic heterocycles. The second kappa shape index (κ2) is 8.08. The lowest BCUT2D eigenvalue weighted by Crippen LogP contribution is -2.35. The summed E-state index contributed by atoms with van der Waals surface area (Å²) in [4.78, 5) is 0. The third-order valence-electron chi connectivity index (χ3n) is 4.18. The normalized spacial score (nSPS) is 12.8. The van der Waals surface area contributed by atoms with Gasteiger partial charge in [-0.15, -0.1) is 0 Å². The number of hydrogen-bond donors (Lipinski definition) is 2. The molecule has 26 heavy (non-hydrogen) atoms. The van der Waals surface area contributed by atoms with E-state index in [9.17, 15) is 13.2 Å². The predicted octanol–water partition coefficient (Wildman–Crippen LogP) is 6.01. The van der Waals surface area contributed by atoms with Gasteiger partial charge < -0.3 is 10.6 Å². The second-order valence-corrected chi connectivity index (χ2v) is 7.16. The van der Waals surface area contributed by atoms with Gasteiger partial charge >= 0.3 is 6.18 Å². The minimum absolute atomic E-state index is 0.00467. The van der Waals surface area contributed by atoms with Crippen LogP contribution in [0.25, 0.3) is 0 Å². The smallest absolute Gasteiger partial charge is 0.355 e. The second-order valence-electron chi connectivity index (χ2n) is 6.76. The van der Waals surface area contributed by atoms with Gasteiger partial charge in [-0.3, -0.25) is 0 Å². The van der Waals surface area contributed by atoms with Gasteiger partial charge in [-0.05, 0) is 67.4 Å². The summed E-state index contributed by atoms with van der Waals surface area (Å²) in [6, 6.07) is 11.1. The highest BCUT2D eigenvalue weighted by Crippen LogP contribution is 2.30. The summed E-state index contributed by atoms with van der Waals surface area (Å²) in [5.74, 6) is 0.281. The fourth-order valence-electron chi connectivity index (χ4n) is 2.83. The summed E-state index contributed by atoms with van der Waals surface area (Å²) < 4.78 is 37.9. The monoisotopic (exact) mass is 380 g/mol. The van der Waals surface area contributed by atoms with Crippen molar-refractivity contribution in [2.75, 3.05) is 5.32 Å². The molecular weight excluding hydrogens is 357 g/mol. The molecule has 2 N–H and O–H groups in total. The number of rotatable bonds is 4. The topological polar surface area (TPSA) is 24.1 Å². The number of thiocarbonyl (C=S) groups is 1. The molecule has 2 aromatic carbocycles. The summed E-state index contributed by atoms with van der Waals surface area (Å²) in [6.07, 6.45) is -4.34. The Balaban J connectivity index is 2.11. The van der Waals surface area contributed by atoms with E-state index in [0.717, 1.165) is 17.7 Å². The number of benzene rings is 2. The largest absolute Gasteiger partial charge is 0.416 e. The molecule has 0 aliphatic carbocycles. The van der Waals surface area contributed by atoms with Gasteiger partial charge in [-0.25, -0.2) is 0 Å². The summed E-state index contributed by atoms with van der Waals surface area (Å²) in [6.45, 7) is 8.30. The molecule has 0 unspecified atom stereocenters.